The molecule has 1 radical (unpaired) electrons. The van der Waals surface area contributed by atoms with E-state index >= 15 is 0 Å². The first-order chi connectivity index (χ1) is 4.66. The van der Waals surface area contributed by atoms with Gasteiger partial charge in [0, 0.05) is 0 Å². The van der Waals surface area contributed by atoms with Crippen molar-refractivity contribution in [1.29, 1.82) is 0 Å². The van der Waals surface area contributed by atoms with E-state index in [0.29, 0.717) is 6.61 Å². The van der Waals surface area contributed by atoms with E-state index in [4.69, 9.17) is 0 Å². The zero-order valence-electron chi connectivity index (χ0n) is 6.52. The first-order valence-electron chi connectivity index (χ1n) is 3.15. The quantitative estimate of drug-likeness (QED) is 0.329. The van der Waals surface area contributed by atoms with E-state index in [1.54, 1.807) is 6.92 Å². The van der Waals surface area contributed by atoms with Crippen LogP contribution >= 0.6 is 0 Å². The van der Waals surface area contributed by atoms with Crippen LogP contribution in [-0.2, 0) is 9.53 Å². The summed E-state index contributed by atoms with van der Waals surface area (Å²) in [6.45, 7) is 5.82. The number of carbonyl (C=O) groups is 1. The zero-order chi connectivity index (χ0) is 7.98. The van der Waals surface area contributed by atoms with Crippen LogP contribution in [-0.4, -0.2) is 12.6 Å². The van der Waals surface area contributed by atoms with Gasteiger partial charge in [0.1, 0.15) is 6.08 Å². The molecule has 0 unspecified atom stereocenters. The number of carbonyl (C=O) groups excluding carboxylic acids is 1. The molecule has 0 heterocycles. The van der Waals surface area contributed by atoms with Crippen LogP contribution in [0.5, 0.6) is 0 Å². The molecule has 0 aliphatic heterocycles. The maximum atomic E-state index is 10.5. The van der Waals surface area contributed by atoms with Crippen LogP contribution in [0.25, 0.3) is 0 Å². The van der Waals surface area contributed by atoms with Crippen molar-refractivity contribution in [2.24, 2.45) is 0 Å². The molecule has 55 valence electrons. The van der Waals surface area contributed by atoms with E-state index in [1.807, 2.05) is 13.8 Å². The Morgan fingerprint density at radius 1 is 1.50 bits per heavy atom. The summed E-state index contributed by atoms with van der Waals surface area (Å²) in [6, 6.07) is 0. The molecule has 10 heavy (non-hydrogen) atoms. The van der Waals surface area contributed by atoms with E-state index in [0.717, 1.165) is 5.57 Å². The number of hydrogen-bond donors (Lipinski definition) is 0. The van der Waals surface area contributed by atoms with Gasteiger partial charge in [0.05, 0.1) is 6.61 Å². The molecule has 2 nitrogen and oxygen atoms in total. The summed E-state index contributed by atoms with van der Waals surface area (Å²) in [5.74, 6) is -0.455. The number of rotatable bonds is 2. The average molecular weight is 139 g/mol. The van der Waals surface area contributed by atoms with Gasteiger partial charge < -0.3 is 4.74 Å². The van der Waals surface area contributed by atoms with Crippen molar-refractivity contribution >= 4 is 5.97 Å². The SMILES string of the molecule is CCOC(=O)[C]=C=C(C)C. The Bertz CT molecular complexity index is 170. The summed E-state index contributed by atoms with van der Waals surface area (Å²) in [5.41, 5.74) is 3.53. The van der Waals surface area contributed by atoms with Gasteiger partial charge >= 0.3 is 5.97 Å². The Labute approximate surface area is 61.2 Å². The fourth-order valence-corrected chi connectivity index (χ4v) is 0.343. The van der Waals surface area contributed by atoms with E-state index in [9.17, 15) is 4.79 Å². The third kappa shape index (κ3) is 5.13. The molecule has 0 aromatic heterocycles. The van der Waals surface area contributed by atoms with Crippen molar-refractivity contribution in [3.8, 4) is 0 Å². The molecule has 0 amide bonds. The molecule has 0 N–H and O–H groups in total. The first-order valence-corrected chi connectivity index (χ1v) is 3.15. The average Bonchev–Trinajstić information content (AvgIpc) is 1.85. The molecular formula is C8H11O2. The standard InChI is InChI=1S/C8H11O2/c1-4-10-8(9)6-5-7(2)3/h4H2,1-3H3. The van der Waals surface area contributed by atoms with E-state index in [2.05, 4.69) is 16.5 Å². The van der Waals surface area contributed by atoms with Crippen LogP contribution in [0.1, 0.15) is 20.8 Å². The number of esters is 1. The van der Waals surface area contributed by atoms with Crippen molar-refractivity contribution in [3.05, 3.63) is 17.4 Å². The lowest BCUT2D eigenvalue weighted by molar-refractivity contribution is -0.138. The van der Waals surface area contributed by atoms with Crippen molar-refractivity contribution in [1.82, 2.24) is 0 Å². The van der Waals surface area contributed by atoms with E-state index < -0.39 is 5.97 Å². The van der Waals surface area contributed by atoms with Gasteiger partial charge in [-0.25, -0.2) is 4.79 Å². The second-order valence-corrected chi connectivity index (χ2v) is 1.97. The molecular weight excluding hydrogens is 128 g/mol. The molecule has 0 aliphatic rings. The summed E-state index contributed by atoms with van der Waals surface area (Å²) >= 11 is 0. The van der Waals surface area contributed by atoms with Crippen LogP contribution in [0.2, 0.25) is 0 Å². The van der Waals surface area contributed by atoms with Gasteiger partial charge in [-0.05, 0) is 26.3 Å². The van der Waals surface area contributed by atoms with Crippen LogP contribution < -0.4 is 0 Å². The smallest absolute Gasteiger partial charge is 0.347 e. The minimum atomic E-state index is -0.455. The van der Waals surface area contributed by atoms with Gasteiger partial charge in [0.2, 0.25) is 0 Å². The van der Waals surface area contributed by atoms with Gasteiger partial charge in [-0.3, -0.25) is 0 Å². The van der Waals surface area contributed by atoms with Crippen LogP contribution in [0.4, 0.5) is 0 Å². The minimum Gasteiger partial charge on any atom is -0.462 e. The van der Waals surface area contributed by atoms with Gasteiger partial charge in [0.15, 0.2) is 0 Å². The molecule has 0 saturated heterocycles. The molecule has 0 aromatic carbocycles. The molecule has 0 rings (SSSR count). The predicted octanol–water partition coefficient (Wildman–Crippen LogP) is 1.47. The van der Waals surface area contributed by atoms with Crippen molar-refractivity contribution in [3.63, 3.8) is 0 Å². The molecule has 0 fully saturated rings. The molecule has 0 aromatic rings. The largest absolute Gasteiger partial charge is 0.462 e. The zero-order valence-corrected chi connectivity index (χ0v) is 6.52. The summed E-state index contributed by atoms with van der Waals surface area (Å²) < 4.78 is 4.57. The molecule has 0 saturated carbocycles. The Balaban J connectivity index is 3.90. The summed E-state index contributed by atoms with van der Waals surface area (Å²) in [5, 5.41) is 0. The highest BCUT2D eigenvalue weighted by molar-refractivity contribution is 5.77. The Morgan fingerprint density at radius 3 is 2.50 bits per heavy atom. The third-order valence-electron chi connectivity index (χ3n) is 0.690. The van der Waals surface area contributed by atoms with Gasteiger partial charge in [-0.15, -0.1) is 5.73 Å². The lowest BCUT2D eigenvalue weighted by atomic mass is 10.4. The second kappa shape index (κ2) is 4.83. The summed E-state index contributed by atoms with van der Waals surface area (Å²) in [4.78, 5) is 10.5. The fraction of sp³-hybridized carbons (Fsp3) is 0.500. The number of ether oxygens (including phenoxy) is 1. The second-order valence-electron chi connectivity index (χ2n) is 1.97. The molecule has 0 atom stereocenters. The van der Waals surface area contributed by atoms with Crippen molar-refractivity contribution in [2.75, 3.05) is 6.61 Å². The van der Waals surface area contributed by atoms with Crippen LogP contribution in [0.15, 0.2) is 11.3 Å². The molecule has 0 aliphatic carbocycles. The predicted molar refractivity (Wildman–Crippen MR) is 38.2 cm³/mol. The normalized spacial score (nSPS) is 7.90. The maximum absolute atomic E-state index is 10.5. The minimum absolute atomic E-state index is 0.385. The highest BCUT2D eigenvalue weighted by atomic mass is 16.5. The first kappa shape index (κ1) is 8.99. The topological polar surface area (TPSA) is 26.3 Å². The van der Waals surface area contributed by atoms with Crippen molar-refractivity contribution in [2.45, 2.75) is 20.8 Å². The number of hydrogen-bond acceptors (Lipinski definition) is 2. The van der Waals surface area contributed by atoms with E-state index in [1.165, 1.54) is 0 Å². The summed E-state index contributed by atoms with van der Waals surface area (Å²) in [6.07, 6.45) is 2.33. The molecule has 0 spiro atoms. The van der Waals surface area contributed by atoms with Crippen LogP contribution in [0.3, 0.4) is 0 Å². The Morgan fingerprint density at radius 2 is 2.10 bits per heavy atom. The third-order valence-corrected chi connectivity index (χ3v) is 0.690. The molecule has 2 heteroatoms. The van der Waals surface area contributed by atoms with Gasteiger partial charge in [-0.1, -0.05) is 0 Å². The highest BCUT2D eigenvalue weighted by Crippen LogP contribution is 1.83. The summed E-state index contributed by atoms with van der Waals surface area (Å²) in [7, 11) is 0. The maximum Gasteiger partial charge on any atom is 0.347 e. The Hall–Kier alpha value is -1.01. The lowest BCUT2D eigenvalue weighted by Crippen LogP contribution is -1.98. The van der Waals surface area contributed by atoms with E-state index in [-0.39, 0.29) is 0 Å². The monoisotopic (exact) mass is 139 g/mol. The Kier molecular flexibility index (Phi) is 4.34. The lowest BCUT2D eigenvalue weighted by Gasteiger charge is -1.90. The van der Waals surface area contributed by atoms with Gasteiger partial charge in [-0.2, -0.15) is 0 Å². The van der Waals surface area contributed by atoms with Crippen molar-refractivity contribution < 1.29 is 9.53 Å². The van der Waals surface area contributed by atoms with Crippen LogP contribution in [0, 0.1) is 6.08 Å². The highest BCUT2D eigenvalue weighted by Gasteiger charge is 1.91. The molecule has 0 bridgehead atoms. The fourth-order valence-electron chi connectivity index (χ4n) is 0.343. The van der Waals surface area contributed by atoms with Gasteiger partial charge in [0.25, 0.3) is 0 Å².